The van der Waals surface area contributed by atoms with Crippen LogP contribution in [-0.4, -0.2) is 6.29 Å². The number of hydrogen-bond donors (Lipinski definition) is 0. The van der Waals surface area contributed by atoms with Gasteiger partial charge < -0.3 is 4.79 Å². The summed E-state index contributed by atoms with van der Waals surface area (Å²) in [4.78, 5) is 10.3. The summed E-state index contributed by atoms with van der Waals surface area (Å²) in [6.45, 7) is 4.38. The first kappa shape index (κ1) is 9.50. The minimum Gasteiger partial charge on any atom is -0.303 e. The van der Waals surface area contributed by atoms with Crippen molar-refractivity contribution in [1.29, 1.82) is 0 Å². The van der Waals surface area contributed by atoms with E-state index in [1.807, 2.05) is 0 Å². The van der Waals surface area contributed by atoms with Crippen LogP contribution in [0, 0.1) is 11.8 Å². The average molecular weight is 166 g/mol. The van der Waals surface area contributed by atoms with Gasteiger partial charge in [0.15, 0.2) is 0 Å². The van der Waals surface area contributed by atoms with Crippen LogP contribution >= 0.6 is 0 Å². The molecular weight excluding hydrogens is 148 g/mol. The van der Waals surface area contributed by atoms with E-state index in [1.54, 1.807) is 0 Å². The largest absolute Gasteiger partial charge is 0.303 e. The lowest BCUT2D eigenvalue weighted by atomic mass is 9.81. The third kappa shape index (κ3) is 2.47. The minimum atomic E-state index is 0.576. The van der Waals surface area contributed by atoms with Crippen LogP contribution in [0.2, 0.25) is 0 Å². The smallest absolute Gasteiger partial charge is 0.120 e. The first-order valence-corrected chi connectivity index (χ1v) is 4.83. The number of hydrogen-bond acceptors (Lipinski definition) is 1. The van der Waals surface area contributed by atoms with E-state index in [-0.39, 0.29) is 0 Å². The molecule has 0 aliphatic heterocycles. The summed E-state index contributed by atoms with van der Waals surface area (Å²) in [5.41, 5.74) is 1.52. The highest BCUT2D eigenvalue weighted by atomic mass is 16.1. The van der Waals surface area contributed by atoms with Crippen molar-refractivity contribution >= 4 is 6.29 Å². The lowest BCUT2D eigenvalue weighted by Gasteiger charge is -2.25. The Morgan fingerprint density at radius 1 is 1.75 bits per heavy atom. The molecule has 0 aromatic heterocycles. The van der Waals surface area contributed by atoms with E-state index in [2.05, 4.69) is 19.9 Å². The molecule has 1 unspecified atom stereocenters. The van der Waals surface area contributed by atoms with Crippen LogP contribution in [-0.2, 0) is 4.79 Å². The van der Waals surface area contributed by atoms with Crippen molar-refractivity contribution in [3.05, 3.63) is 11.6 Å². The van der Waals surface area contributed by atoms with Gasteiger partial charge in [-0.25, -0.2) is 0 Å². The van der Waals surface area contributed by atoms with Crippen LogP contribution < -0.4 is 0 Å². The van der Waals surface area contributed by atoms with E-state index in [0.717, 1.165) is 18.6 Å². The molecule has 12 heavy (non-hydrogen) atoms. The minimum absolute atomic E-state index is 0.576. The molecule has 2 atom stereocenters. The highest BCUT2D eigenvalue weighted by molar-refractivity contribution is 5.49. The summed E-state index contributed by atoms with van der Waals surface area (Å²) in [7, 11) is 0. The quantitative estimate of drug-likeness (QED) is 0.465. The average Bonchev–Trinajstić information content (AvgIpc) is 2.06. The van der Waals surface area contributed by atoms with Crippen LogP contribution in [0.5, 0.6) is 0 Å². The van der Waals surface area contributed by atoms with Gasteiger partial charge in [0.25, 0.3) is 0 Å². The molecule has 1 aliphatic carbocycles. The van der Waals surface area contributed by atoms with Gasteiger partial charge in [-0.05, 0) is 38.0 Å². The van der Waals surface area contributed by atoms with Gasteiger partial charge in [-0.1, -0.05) is 18.6 Å². The van der Waals surface area contributed by atoms with E-state index in [9.17, 15) is 4.79 Å². The van der Waals surface area contributed by atoms with Gasteiger partial charge in [-0.2, -0.15) is 0 Å². The molecule has 0 aromatic carbocycles. The number of aldehydes is 1. The second kappa shape index (κ2) is 4.44. The van der Waals surface area contributed by atoms with Crippen molar-refractivity contribution in [3.8, 4) is 0 Å². The molecule has 1 aliphatic rings. The van der Waals surface area contributed by atoms with Crippen molar-refractivity contribution < 1.29 is 4.79 Å². The Morgan fingerprint density at radius 3 is 3.00 bits per heavy atom. The summed E-state index contributed by atoms with van der Waals surface area (Å²) in [6.07, 6.45) is 7.80. The zero-order valence-electron chi connectivity index (χ0n) is 8.05. The highest BCUT2D eigenvalue weighted by Crippen LogP contribution is 2.30. The lowest BCUT2D eigenvalue weighted by molar-refractivity contribution is -0.108. The molecule has 0 bridgehead atoms. The predicted octanol–water partition coefficient (Wildman–Crippen LogP) is 2.96. The number of carbonyl (C=O) groups is 1. The molecular formula is C11H18O. The zero-order chi connectivity index (χ0) is 8.97. The van der Waals surface area contributed by atoms with Crippen molar-refractivity contribution in [3.63, 3.8) is 0 Å². The lowest BCUT2D eigenvalue weighted by Crippen LogP contribution is -2.14. The zero-order valence-corrected chi connectivity index (χ0v) is 8.05. The maximum absolute atomic E-state index is 10.3. The fourth-order valence-electron chi connectivity index (χ4n) is 1.85. The third-order valence-corrected chi connectivity index (χ3v) is 2.95. The summed E-state index contributed by atoms with van der Waals surface area (Å²) in [5, 5.41) is 0. The van der Waals surface area contributed by atoms with Crippen molar-refractivity contribution in [2.75, 3.05) is 0 Å². The number of rotatable bonds is 3. The molecule has 1 rings (SSSR count). The van der Waals surface area contributed by atoms with Crippen LogP contribution in [0.3, 0.4) is 0 Å². The van der Waals surface area contributed by atoms with E-state index >= 15 is 0 Å². The normalized spacial score (nSPS) is 26.2. The Bertz CT molecular complexity index is 181. The highest BCUT2D eigenvalue weighted by Gasteiger charge is 2.18. The van der Waals surface area contributed by atoms with Crippen molar-refractivity contribution in [1.82, 2.24) is 0 Å². The summed E-state index contributed by atoms with van der Waals surface area (Å²) < 4.78 is 0. The van der Waals surface area contributed by atoms with E-state index < -0.39 is 0 Å². The Labute approximate surface area is 74.9 Å². The molecule has 0 saturated carbocycles. The maximum Gasteiger partial charge on any atom is 0.120 e. The van der Waals surface area contributed by atoms with Gasteiger partial charge in [0, 0.05) is 6.42 Å². The van der Waals surface area contributed by atoms with Gasteiger partial charge in [0.2, 0.25) is 0 Å². The van der Waals surface area contributed by atoms with Gasteiger partial charge in [0.05, 0.1) is 0 Å². The number of carbonyl (C=O) groups excluding carboxylic acids is 1. The fraction of sp³-hybridized carbons (Fsp3) is 0.727. The van der Waals surface area contributed by atoms with Crippen LogP contribution in [0.15, 0.2) is 11.6 Å². The second-order valence-electron chi connectivity index (χ2n) is 3.96. The maximum atomic E-state index is 10.3. The molecule has 0 radical (unpaired) electrons. The van der Waals surface area contributed by atoms with E-state index in [0.29, 0.717) is 5.92 Å². The Balaban J connectivity index is 2.39. The van der Waals surface area contributed by atoms with Gasteiger partial charge >= 0.3 is 0 Å². The topological polar surface area (TPSA) is 17.1 Å². The third-order valence-electron chi connectivity index (χ3n) is 2.95. The van der Waals surface area contributed by atoms with Gasteiger partial charge in [0.1, 0.15) is 6.29 Å². The Kier molecular flexibility index (Phi) is 3.51. The van der Waals surface area contributed by atoms with Crippen LogP contribution in [0.25, 0.3) is 0 Å². The SMILES string of the molecule is CC1=CCC([C@@H](C)CC=O)CC1. The van der Waals surface area contributed by atoms with Crippen LogP contribution in [0.1, 0.15) is 39.5 Å². The van der Waals surface area contributed by atoms with E-state index in [1.165, 1.54) is 24.8 Å². The standard InChI is InChI=1S/C11H18O/c1-9-3-5-11(6-4-9)10(2)7-8-12/h3,8,10-11H,4-7H2,1-2H3/t10-,11?/m0/s1. The van der Waals surface area contributed by atoms with Crippen LogP contribution in [0.4, 0.5) is 0 Å². The first-order valence-electron chi connectivity index (χ1n) is 4.83. The van der Waals surface area contributed by atoms with E-state index in [4.69, 9.17) is 0 Å². The molecule has 1 heteroatoms. The molecule has 0 heterocycles. The second-order valence-corrected chi connectivity index (χ2v) is 3.96. The molecule has 0 aromatic rings. The fourth-order valence-corrected chi connectivity index (χ4v) is 1.85. The molecule has 68 valence electrons. The summed E-state index contributed by atoms with van der Waals surface area (Å²) in [5.74, 6) is 1.32. The molecule has 0 saturated heterocycles. The summed E-state index contributed by atoms with van der Waals surface area (Å²) in [6, 6.07) is 0. The summed E-state index contributed by atoms with van der Waals surface area (Å²) >= 11 is 0. The molecule has 1 nitrogen and oxygen atoms in total. The van der Waals surface area contributed by atoms with Gasteiger partial charge in [-0.3, -0.25) is 0 Å². The van der Waals surface area contributed by atoms with Gasteiger partial charge in [-0.15, -0.1) is 0 Å². The molecule has 0 N–H and O–H groups in total. The predicted molar refractivity (Wildman–Crippen MR) is 50.9 cm³/mol. The van der Waals surface area contributed by atoms with Crippen molar-refractivity contribution in [2.24, 2.45) is 11.8 Å². The Hall–Kier alpha value is -0.590. The Morgan fingerprint density at radius 2 is 2.50 bits per heavy atom. The molecule has 0 fully saturated rings. The van der Waals surface area contributed by atoms with Crippen molar-refractivity contribution in [2.45, 2.75) is 39.5 Å². The molecule has 0 spiro atoms. The molecule has 0 amide bonds. The first-order chi connectivity index (χ1) is 5.74. The monoisotopic (exact) mass is 166 g/mol. The number of allylic oxidation sites excluding steroid dienone is 2.